The lowest BCUT2D eigenvalue weighted by Crippen LogP contribution is -2.44. The van der Waals surface area contributed by atoms with E-state index in [2.05, 4.69) is 26.1 Å². The lowest BCUT2D eigenvalue weighted by atomic mass is 9.90. The third-order valence-corrected chi connectivity index (χ3v) is 3.78. The molecule has 1 nitrogen and oxygen atoms in total. The van der Waals surface area contributed by atoms with E-state index in [1.165, 1.54) is 45.1 Å². The first-order chi connectivity index (χ1) is 6.26. The van der Waals surface area contributed by atoms with E-state index in [-0.39, 0.29) is 0 Å². The van der Waals surface area contributed by atoms with Crippen LogP contribution in [-0.4, -0.2) is 12.1 Å². The zero-order valence-corrected chi connectivity index (χ0v) is 9.53. The van der Waals surface area contributed by atoms with E-state index in [1.807, 2.05) is 0 Å². The fourth-order valence-corrected chi connectivity index (χ4v) is 2.07. The highest BCUT2D eigenvalue weighted by Crippen LogP contribution is 2.32. The summed E-state index contributed by atoms with van der Waals surface area (Å²) in [7, 11) is 0. The number of rotatable bonds is 7. The van der Waals surface area contributed by atoms with E-state index in [0.29, 0.717) is 5.54 Å². The van der Waals surface area contributed by atoms with Crippen molar-refractivity contribution in [1.82, 2.24) is 5.32 Å². The molecule has 1 aliphatic rings. The molecule has 0 aliphatic heterocycles. The van der Waals surface area contributed by atoms with Gasteiger partial charge >= 0.3 is 0 Å². The highest BCUT2D eigenvalue weighted by Gasteiger charge is 2.25. The van der Waals surface area contributed by atoms with Gasteiger partial charge in [0.25, 0.3) is 0 Å². The van der Waals surface area contributed by atoms with Crippen molar-refractivity contribution in [2.75, 3.05) is 6.54 Å². The van der Waals surface area contributed by atoms with Crippen molar-refractivity contribution in [2.45, 2.75) is 64.8 Å². The van der Waals surface area contributed by atoms with Crippen LogP contribution in [0.5, 0.6) is 0 Å². The number of nitrogens with one attached hydrogen (secondary N) is 1. The molecule has 0 saturated heterocycles. The number of hydrogen-bond acceptors (Lipinski definition) is 1. The molecule has 0 heterocycles. The molecule has 78 valence electrons. The molecule has 1 aliphatic carbocycles. The van der Waals surface area contributed by atoms with Gasteiger partial charge in [-0.3, -0.25) is 0 Å². The van der Waals surface area contributed by atoms with Crippen molar-refractivity contribution < 1.29 is 0 Å². The molecule has 13 heavy (non-hydrogen) atoms. The molecule has 0 aromatic rings. The SMILES string of the molecule is CCC(CC)(CC)NCCC1CC1. The van der Waals surface area contributed by atoms with E-state index in [0.717, 1.165) is 5.92 Å². The summed E-state index contributed by atoms with van der Waals surface area (Å²) in [6.45, 7) is 8.14. The topological polar surface area (TPSA) is 12.0 Å². The highest BCUT2D eigenvalue weighted by molar-refractivity contribution is 4.84. The molecule has 0 amide bonds. The maximum atomic E-state index is 3.75. The quantitative estimate of drug-likeness (QED) is 0.638. The molecular weight excluding hydrogens is 158 g/mol. The maximum absolute atomic E-state index is 3.75. The average Bonchev–Trinajstić information content (AvgIpc) is 2.97. The van der Waals surface area contributed by atoms with E-state index in [1.54, 1.807) is 0 Å². The highest BCUT2D eigenvalue weighted by atomic mass is 15.0. The lowest BCUT2D eigenvalue weighted by Gasteiger charge is -2.32. The van der Waals surface area contributed by atoms with Crippen molar-refractivity contribution in [3.63, 3.8) is 0 Å². The van der Waals surface area contributed by atoms with Crippen molar-refractivity contribution in [3.05, 3.63) is 0 Å². The molecule has 0 aromatic carbocycles. The second kappa shape index (κ2) is 4.99. The van der Waals surface area contributed by atoms with Crippen LogP contribution in [0.25, 0.3) is 0 Å². The molecule has 0 atom stereocenters. The van der Waals surface area contributed by atoms with E-state index in [9.17, 15) is 0 Å². The van der Waals surface area contributed by atoms with Crippen molar-refractivity contribution in [3.8, 4) is 0 Å². The molecule has 1 N–H and O–H groups in total. The fraction of sp³-hybridized carbons (Fsp3) is 1.00. The third-order valence-electron chi connectivity index (χ3n) is 3.78. The minimum absolute atomic E-state index is 0.439. The predicted molar refractivity (Wildman–Crippen MR) is 58.9 cm³/mol. The summed E-state index contributed by atoms with van der Waals surface area (Å²) in [6.07, 6.45) is 8.18. The van der Waals surface area contributed by atoms with E-state index in [4.69, 9.17) is 0 Å². The zero-order valence-electron chi connectivity index (χ0n) is 9.53. The maximum Gasteiger partial charge on any atom is 0.0173 e. The van der Waals surface area contributed by atoms with Crippen LogP contribution >= 0.6 is 0 Å². The summed E-state index contributed by atoms with van der Waals surface area (Å²) in [5.41, 5.74) is 0.439. The third kappa shape index (κ3) is 3.30. The normalized spacial score (nSPS) is 17.8. The van der Waals surface area contributed by atoms with Crippen molar-refractivity contribution in [1.29, 1.82) is 0 Å². The molecule has 0 bridgehead atoms. The molecule has 1 heteroatoms. The molecule has 0 aromatic heterocycles. The van der Waals surface area contributed by atoms with Crippen LogP contribution in [0.3, 0.4) is 0 Å². The smallest absolute Gasteiger partial charge is 0.0173 e. The van der Waals surface area contributed by atoms with Crippen LogP contribution < -0.4 is 5.32 Å². The number of hydrogen-bond donors (Lipinski definition) is 1. The average molecular weight is 183 g/mol. The van der Waals surface area contributed by atoms with Gasteiger partial charge in [-0.15, -0.1) is 0 Å². The summed E-state index contributed by atoms with van der Waals surface area (Å²) in [4.78, 5) is 0. The van der Waals surface area contributed by atoms with Gasteiger partial charge in [-0.2, -0.15) is 0 Å². The van der Waals surface area contributed by atoms with Crippen molar-refractivity contribution >= 4 is 0 Å². The first-order valence-corrected chi connectivity index (χ1v) is 6.01. The molecule has 0 radical (unpaired) electrons. The first kappa shape index (κ1) is 11.0. The Balaban J connectivity index is 2.19. The Labute approximate surface area is 83.3 Å². The Morgan fingerprint density at radius 3 is 2.00 bits per heavy atom. The van der Waals surface area contributed by atoms with Crippen LogP contribution in [0.15, 0.2) is 0 Å². The van der Waals surface area contributed by atoms with Crippen LogP contribution in [-0.2, 0) is 0 Å². The van der Waals surface area contributed by atoms with Gasteiger partial charge in [0.1, 0.15) is 0 Å². The van der Waals surface area contributed by atoms with Gasteiger partial charge in [0.15, 0.2) is 0 Å². The van der Waals surface area contributed by atoms with Gasteiger partial charge in [0.05, 0.1) is 0 Å². The van der Waals surface area contributed by atoms with Gasteiger partial charge in [-0.1, -0.05) is 33.6 Å². The summed E-state index contributed by atoms with van der Waals surface area (Å²) in [6, 6.07) is 0. The minimum atomic E-state index is 0.439. The van der Waals surface area contributed by atoms with E-state index < -0.39 is 0 Å². The minimum Gasteiger partial charge on any atom is -0.311 e. The Bertz CT molecular complexity index is 126. The van der Waals surface area contributed by atoms with Gasteiger partial charge in [0, 0.05) is 5.54 Å². The second-order valence-corrected chi connectivity index (χ2v) is 4.50. The summed E-state index contributed by atoms with van der Waals surface area (Å²) < 4.78 is 0. The first-order valence-electron chi connectivity index (χ1n) is 6.01. The molecule has 1 fully saturated rings. The Hall–Kier alpha value is -0.0400. The van der Waals surface area contributed by atoms with Gasteiger partial charge in [-0.05, 0) is 38.1 Å². The van der Waals surface area contributed by atoms with Crippen LogP contribution in [0.4, 0.5) is 0 Å². The van der Waals surface area contributed by atoms with Gasteiger partial charge in [-0.25, -0.2) is 0 Å². The predicted octanol–water partition coefficient (Wildman–Crippen LogP) is 3.34. The molecule has 1 saturated carbocycles. The zero-order chi connectivity index (χ0) is 9.73. The Kier molecular flexibility index (Phi) is 4.24. The second-order valence-electron chi connectivity index (χ2n) is 4.50. The van der Waals surface area contributed by atoms with E-state index >= 15 is 0 Å². The molecule has 0 unspecified atom stereocenters. The summed E-state index contributed by atoms with van der Waals surface area (Å²) in [5, 5.41) is 3.75. The van der Waals surface area contributed by atoms with Crippen LogP contribution in [0.2, 0.25) is 0 Å². The Morgan fingerprint density at radius 1 is 1.08 bits per heavy atom. The van der Waals surface area contributed by atoms with Gasteiger partial charge in [0.2, 0.25) is 0 Å². The van der Waals surface area contributed by atoms with Crippen LogP contribution in [0, 0.1) is 5.92 Å². The summed E-state index contributed by atoms with van der Waals surface area (Å²) >= 11 is 0. The monoisotopic (exact) mass is 183 g/mol. The Morgan fingerprint density at radius 2 is 1.62 bits per heavy atom. The fourth-order valence-electron chi connectivity index (χ4n) is 2.07. The summed E-state index contributed by atoms with van der Waals surface area (Å²) in [5.74, 6) is 1.07. The van der Waals surface area contributed by atoms with Gasteiger partial charge < -0.3 is 5.32 Å². The largest absolute Gasteiger partial charge is 0.311 e. The molecule has 1 rings (SSSR count). The molecule has 0 spiro atoms. The molecular formula is C12H25N. The van der Waals surface area contributed by atoms with Crippen molar-refractivity contribution in [2.24, 2.45) is 5.92 Å². The lowest BCUT2D eigenvalue weighted by molar-refractivity contribution is 0.287. The standard InChI is InChI=1S/C12H25N/c1-4-12(5-2,6-3)13-10-9-11-7-8-11/h11,13H,4-10H2,1-3H3. The van der Waals surface area contributed by atoms with Crippen LogP contribution in [0.1, 0.15) is 59.3 Å².